The Labute approximate surface area is 132 Å². The van der Waals surface area contributed by atoms with Crippen LogP contribution in [0, 0.1) is 0 Å². The van der Waals surface area contributed by atoms with Crippen LogP contribution >= 0.6 is 0 Å². The summed E-state index contributed by atoms with van der Waals surface area (Å²) in [5.74, 6) is 1.20. The van der Waals surface area contributed by atoms with Crippen LogP contribution < -0.4 is 15.5 Å². The Morgan fingerprint density at radius 2 is 1.77 bits per heavy atom. The van der Waals surface area contributed by atoms with E-state index in [-0.39, 0.29) is 6.04 Å². The zero-order valence-corrected chi connectivity index (χ0v) is 13.7. The maximum absolute atomic E-state index is 4.39. The van der Waals surface area contributed by atoms with Gasteiger partial charge < -0.3 is 15.5 Å². The van der Waals surface area contributed by atoms with Crippen molar-refractivity contribution in [3.05, 3.63) is 30.5 Å². The molecule has 1 aromatic carbocycles. The molecule has 0 amide bonds. The minimum Gasteiger partial charge on any atom is -0.372 e. The number of rotatable bonds is 7. The van der Waals surface area contributed by atoms with Crippen molar-refractivity contribution in [3.63, 3.8) is 0 Å². The first-order valence-electron chi connectivity index (χ1n) is 7.70. The molecule has 22 heavy (non-hydrogen) atoms. The van der Waals surface area contributed by atoms with E-state index in [2.05, 4.69) is 56.7 Å². The Hall–Kier alpha value is -2.37. The van der Waals surface area contributed by atoms with Crippen LogP contribution in [0.4, 0.5) is 23.1 Å². The van der Waals surface area contributed by atoms with Gasteiger partial charge in [0.15, 0.2) is 5.82 Å². The summed E-state index contributed by atoms with van der Waals surface area (Å²) < 4.78 is 0. The summed E-state index contributed by atoms with van der Waals surface area (Å²) in [6.45, 7) is 10.4. The number of hydrogen-bond acceptors (Lipinski definition) is 6. The van der Waals surface area contributed by atoms with E-state index in [0.717, 1.165) is 18.8 Å². The summed E-state index contributed by atoms with van der Waals surface area (Å²) in [5, 5.41) is 14.3. The summed E-state index contributed by atoms with van der Waals surface area (Å²) in [7, 11) is 0. The van der Waals surface area contributed by atoms with Gasteiger partial charge in [0.1, 0.15) is 0 Å². The Balaban J connectivity index is 2.07. The SMILES string of the molecule is CCN(CC)c1ccc(Nc2cnnc(NC(C)C)n2)cc1. The minimum atomic E-state index is 0.269. The molecule has 6 nitrogen and oxygen atoms in total. The molecule has 6 heteroatoms. The van der Waals surface area contributed by atoms with Gasteiger partial charge in [0.25, 0.3) is 0 Å². The lowest BCUT2D eigenvalue weighted by atomic mass is 10.2. The van der Waals surface area contributed by atoms with Crippen molar-refractivity contribution in [1.29, 1.82) is 0 Å². The smallest absolute Gasteiger partial charge is 0.244 e. The molecule has 0 saturated heterocycles. The normalized spacial score (nSPS) is 10.6. The highest BCUT2D eigenvalue weighted by Crippen LogP contribution is 2.20. The fraction of sp³-hybridized carbons (Fsp3) is 0.438. The third kappa shape index (κ3) is 4.31. The molecule has 0 radical (unpaired) electrons. The van der Waals surface area contributed by atoms with Crippen molar-refractivity contribution in [2.75, 3.05) is 28.6 Å². The van der Waals surface area contributed by atoms with Crippen molar-refractivity contribution < 1.29 is 0 Å². The van der Waals surface area contributed by atoms with Crippen LogP contribution in [-0.2, 0) is 0 Å². The first-order chi connectivity index (χ1) is 10.6. The Kier molecular flexibility index (Phi) is 5.52. The molecule has 2 N–H and O–H groups in total. The van der Waals surface area contributed by atoms with E-state index in [0.29, 0.717) is 11.8 Å². The van der Waals surface area contributed by atoms with Crippen molar-refractivity contribution in [1.82, 2.24) is 15.2 Å². The molecule has 0 spiro atoms. The molecule has 0 saturated carbocycles. The molecule has 2 aromatic rings. The molecule has 0 aliphatic carbocycles. The molecule has 1 heterocycles. The predicted molar refractivity (Wildman–Crippen MR) is 91.9 cm³/mol. The van der Waals surface area contributed by atoms with Crippen LogP contribution in [0.2, 0.25) is 0 Å². The lowest BCUT2D eigenvalue weighted by Crippen LogP contribution is -2.21. The molecule has 0 atom stereocenters. The average molecular weight is 300 g/mol. The second kappa shape index (κ2) is 7.59. The van der Waals surface area contributed by atoms with Crippen LogP contribution in [0.1, 0.15) is 27.7 Å². The van der Waals surface area contributed by atoms with Crippen molar-refractivity contribution in [2.45, 2.75) is 33.7 Å². The topological polar surface area (TPSA) is 66.0 Å². The second-order valence-corrected chi connectivity index (χ2v) is 5.31. The van der Waals surface area contributed by atoms with Crippen LogP contribution in [0.15, 0.2) is 30.5 Å². The minimum absolute atomic E-state index is 0.269. The lowest BCUT2D eigenvalue weighted by Gasteiger charge is -2.21. The molecular weight excluding hydrogens is 276 g/mol. The van der Waals surface area contributed by atoms with Crippen LogP contribution in [0.5, 0.6) is 0 Å². The average Bonchev–Trinajstić information content (AvgIpc) is 2.50. The Bertz CT molecular complexity index is 577. The van der Waals surface area contributed by atoms with Crippen LogP contribution in [-0.4, -0.2) is 34.3 Å². The number of nitrogens with zero attached hydrogens (tertiary/aromatic N) is 4. The Morgan fingerprint density at radius 3 is 2.36 bits per heavy atom. The van der Waals surface area contributed by atoms with Crippen LogP contribution in [0.25, 0.3) is 0 Å². The zero-order valence-electron chi connectivity index (χ0n) is 13.7. The van der Waals surface area contributed by atoms with Crippen molar-refractivity contribution in [3.8, 4) is 0 Å². The van der Waals surface area contributed by atoms with Gasteiger partial charge in [-0.1, -0.05) is 0 Å². The Morgan fingerprint density at radius 1 is 1.09 bits per heavy atom. The molecule has 0 unspecified atom stereocenters. The number of nitrogens with one attached hydrogen (secondary N) is 2. The summed E-state index contributed by atoms with van der Waals surface area (Å²) in [5.41, 5.74) is 2.20. The van der Waals surface area contributed by atoms with E-state index in [1.807, 2.05) is 26.0 Å². The van der Waals surface area contributed by atoms with E-state index in [4.69, 9.17) is 0 Å². The van der Waals surface area contributed by atoms with Crippen molar-refractivity contribution in [2.24, 2.45) is 0 Å². The quantitative estimate of drug-likeness (QED) is 0.818. The van der Waals surface area contributed by atoms with E-state index in [1.165, 1.54) is 5.69 Å². The fourth-order valence-corrected chi connectivity index (χ4v) is 2.18. The van der Waals surface area contributed by atoms with Gasteiger partial charge in [0.2, 0.25) is 5.95 Å². The predicted octanol–water partition coefficient (Wildman–Crippen LogP) is 3.28. The third-order valence-corrected chi connectivity index (χ3v) is 3.24. The highest BCUT2D eigenvalue weighted by molar-refractivity contribution is 5.60. The van der Waals surface area contributed by atoms with Gasteiger partial charge in [0.05, 0.1) is 6.20 Å². The van der Waals surface area contributed by atoms with Gasteiger partial charge in [-0.05, 0) is 52.0 Å². The number of aromatic nitrogens is 3. The summed E-state index contributed by atoms with van der Waals surface area (Å²) in [4.78, 5) is 6.70. The maximum atomic E-state index is 4.39. The molecule has 0 aliphatic heterocycles. The summed E-state index contributed by atoms with van der Waals surface area (Å²) in [6, 6.07) is 8.58. The van der Waals surface area contributed by atoms with Gasteiger partial charge in [0, 0.05) is 30.5 Å². The molecule has 0 fully saturated rings. The van der Waals surface area contributed by atoms with Gasteiger partial charge in [-0.15, -0.1) is 5.10 Å². The van der Waals surface area contributed by atoms with E-state index >= 15 is 0 Å². The molecule has 2 rings (SSSR count). The summed E-state index contributed by atoms with van der Waals surface area (Å²) in [6.07, 6.45) is 1.61. The third-order valence-electron chi connectivity index (χ3n) is 3.24. The fourth-order valence-electron chi connectivity index (χ4n) is 2.18. The van der Waals surface area contributed by atoms with Gasteiger partial charge in [-0.2, -0.15) is 10.1 Å². The zero-order chi connectivity index (χ0) is 15.9. The first kappa shape index (κ1) is 16.0. The van der Waals surface area contributed by atoms with Gasteiger partial charge >= 0.3 is 0 Å². The van der Waals surface area contributed by atoms with E-state index in [9.17, 15) is 0 Å². The van der Waals surface area contributed by atoms with Crippen molar-refractivity contribution >= 4 is 23.1 Å². The van der Waals surface area contributed by atoms with Gasteiger partial charge in [-0.25, -0.2) is 0 Å². The van der Waals surface area contributed by atoms with Crippen LogP contribution in [0.3, 0.4) is 0 Å². The number of anilines is 4. The molecule has 1 aromatic heterocycles. The number of hydrogen-bond donors (Lipinski definition) is 2. The summed E-state index contributed by atoms with van der Waals surface area (Å²) >= 11 is 0. The van der Waals surface area contributed by atoms with E-state index in [1.54, 1.807) is 6.20 Å². The highest BCUT2D eigenvalue weighted by Gasteiger charge is 2.04. The second-order valence-electron chi connectivity index (χ2n) is 5.31. The first-order valence-corrected chi connectivity index (χ1v) is 7.70. The molecule has 0 bridgehead atoms. The number of benzene rings is 1. The highest BCUT2D eigenvalue weighted by atomic mass is 15.3. The maximum Gasteiger partial charge on any atom is 0.244 e. The standard InChI is InChI=1S/C16H24N6/c1-5-22(6-2)14-9-7-13(8-10-14)19-15-11-17-21-16(20-15)18-12(3)4/h7-12H,5-6H2,1-4H3,(H2,18,19,20,21). The molecular formula is C16H24N6. The molecule has 118 valence electrons. The molecule has 0 aliphatic rings. The van der Waals surface area contributed by atoms with Gasteiger partial charge in [-0.3, -0.25) is 0 Å². The largest absolute Gasteiger partial charge is 0.372 e. The monoisotopic (exact) mass is 300 g/mol. The lowest BCUT2D eigenvalue weighted by molar-refractivity contribution is 0.852. The van der Waals surface area contributed by atoms with E-state index < -0.39 is 0 Å².